The zero-order valence-corrected chi connectivity index (χ0v) is 12.4. The zero-order valence-electron chi connectivity index (χ0n) is 11.6. The van der Waals surface area contributed by atoms with Crippen LogP contribution in [0.3, 0.4) is 0 Å². The number of ether oxygens (including phenoxy) is 1. The van der Waals surface area contributed by atoms with Gasteiger partial charge in [-0.05, 0) is 28.8 Å². The molecule has 0 radical (unpaired) electrons. The third kappa shape index (κ3) is 3.86. The van der Waals surface area contributed by atoms with Gasteiger partial charge in [-0.25, -0.2) is 4.79 Å². The minimum Gasteiger partial charge on any atom is -0.465 e. The van der Waals surface area contributed by atoms with Crippen LogP contribution in [0.15, 0.2) is 48.5 Å². The van der Waals surface area contributed by atoms with Crippen molar-refractivity contribution in [1.82, 2.24) is 0 Å². The monoisotopic (exact) mass is 300 g/mol. The first-order chi connectivity index (χ1) is 10.1. The lowest BCUT2D eigenvalue weighted by atomic mass is 9.99. The molecule has 21 heavy (non-hydrogen) atoms. The van der Waals surface area contributed by atoms with Gasteiger partial charge in [-0.15, -0.1) is 0 Å². The molecule has 0 heterocycles. The van der Waals surface area contributed by atoms with Gasteiger partial charge in [-0.1, -0.05) is 48.2 Å². The van der Waals surface area contributed by atoms with E-state index >= 15 is 0 Å². The van der Waals surface area contributed by atoms with Crippen molar-refractivity contribution in [2.24, 2.45) is 5.73 Å². The molecule has 3 N–H and O–H groups in total. The van der Waals surface area contributed by atoms with Gasteiger partial charge in [0.2, 0.25) is 0 Å². The van der Waals surface area contributed by atoms with Gasteiger partial charge < -0.3 is 10.5 Å². The van der Waals surface area contributed by atoms with Crippen LogP contribution in [0, 0.1) is 5.41 Å². The normalized spacial score (nSPS) is 10.1. The molecule has 0 fully saturated rings. The number of methoxy groups -OCH3 is 1. The first-order valence-electron chi connectivity index (χ1n) is 6.35. The molecule has 0 aliphatic heterocycles. The van der Waals surface area contributed by atoms with Crippen LogP contribution in [0.4, 0.5) is 0 Å². The van der Waals surface area contributed by atoms with Gasteiger partial charge in [0.05, 0.1) is 12.7 Å². The third-order valence-electron chi connectivity index (χ3n) is 3.02. The van der Waals surface area contributed by atoms with E-state index in [9.17, 15) is 4.79 Å². The SMILES string of the molecule is COC(=O)c1ccc(-c2ccccc2CSC(=N)N)cc1. The smallest absolute Gasteiger partial charge is 0.337 e. The molecule has 2 aromatic carbocycles. The molecule has 0 atom stereocenters. The maximum Gasteiger partial charge on any atom is 0.337 e. The van der Waals surface area contributed by atoms with Crippen LogP contribution in [-0.2, 0) is 10.5 Å². The molecule has 0 spiro atoms. The molecule has 108 valence electrons. The Hall–Kier alpha value is -2.27. The van der Waals surface area contributed by atoms with E-state index in [0.717, 1.165) is 16.7 Å². The van der Waals surface area contributed by atoms with Crippen LogP contribution in [0.25, 0.3) is 11.1 Å². The molecule has 0 aliphatic rings. The number of hydrogen-bond acceptors (Lipinski definition) is 4. The van der Waals surface area contributed by atoms with E-state index in [0.29, 0.717) is 11.3 Å². The maximum absolute atomic E-state index is 11.4. The van der Waals surface area contributed by atoms with Crippen molar-refractivity contribution in [1.29, 1.82) is 5.41 Å². The number of benzene rings is 2. The quantitative estimate of drug-likeness (QED) is 0.516. The molecule has 4 nitrogen and oxygen atoms in total. The van der Waals surface area contributed by atoms with E-state index in [4.69, 9.17) is 15.9 Å². The second-order valence-corrected chi connectivity index (χ2v) is 5.40. The fraction of sp³-hybridized carbons (Fsp3) is 0.125. The number of amidine groups is 1. The highest BCUT2D eigenvalue weighted by Crippen LogP contribution is 2.27. The van der Waals surface area contributed by atoms with Gasteiger partial charge in [-0.3, -0.25) is 5.41 Å². The molecule has 0 bridgehead atoms. The number of carbonyl (C=O) groups is 1. The van der Waals surface area contributed by atoms with Crippen LogP contribution in [0.1, 0.15) is 15.9 Å². The number of carbonyl (C=O) groups excluding carboxylic acids is 1. The van der Waals surface area contributed by atoms with Crippen molar-refractivity contribution in [2.45, 2.75) is 5.75 Å². The van der Waals surface area contributed by atoms with Crippen LogP contribution in [0.2, 0.25) is 0 Å². The topological polar surface area (TPSA) is 76.2 Å². The number of esters is 1. The van der Waals surface area contributed by atoms with Gasteiger partial charge >= 0.3 is 5.97 Å². The van der Waals surface area contributed by atoms with Gasteiger partial charge in [0.1, 0.15) is 0 Å². The van der Waals surface area contributed by atoms with Gasteiger partial charge in [0.25, 0.3) is 0 Å². The van der Waals surface area contributed by atoms with Crippen molar-refractivity contribution in [3.05, 3.63) is 59.7 Å². The Labute approximate surface area is 127 Å². The lowest BCUT2D eigenvalue weighted by Crippen LogP contribution is -2.04. The second-order valence-electron chi connectivity index (χ2n) is 4.38. The molecule has 2 aromatic rings. The zero-order chi connectivity index (χ0) is 15.2. The Kier molecular flexibility index (Phi) is 5.00. The van der Waals surface area contributed by atoms with Gasteiger partial charge in [-0.2, -0.15) is 0 Å². The fourth-order valence-electron chi connectivity index (χ4n) is 1.99. The van der Waals surface area contributed by atoms with E-state index in [-0.39, 0.29) is 11.1 Å². The van der Waals surface area contributed by atoms with Crippen LogP contribution < -0.4 is 5.73 Å². The second kappa shape index (κ2) is 6.95. The first kappa shape index (κ1) is 15.1. The lowest BCUT2D eigenvalue weighted by Gasteiger charge is -2.09. The maximum atomic E-state index is 11.4. The van der Waals surface area contributed by atoms with Crippen molar-refractivity contribution in [3.63, 3.8) is 0 Å². The molecule has 5 heteroatoms. The average Bonchev–Trinajstić information content (AvgIpc) is 2.52. The Morgan fingerprint density at radius 3 is 2.48 bits per heavy atom. The average molecular weight is 300 g/mol. The molecule has 0 aliphatic carbocycles. The van der Waals surface area contributed by atoms with E-state index in [2.05, 4.69) is 0 Å². The molecule has 0 amide bonds. The van der Waals surface area contributed by atoms with E-state index < -0.39 is 0 Å². The highest BCUT2D eigenvalue weighted by atomic mass is 32.2. The fourth-order valence-corrected chi connectivity index (χ4v) is 2.55. The summed E-state index contributed by atoms with van der Waals surface area (Å²) in [5.41, 5.74) is 9.11. The van der Waals surface area contributed by atoms with Crippen molar-refractivity contribution in [3.8, 4) is 11.1 Å². The summed E-state index contributed by atoms with van der Waals surface area (Å²) in [5.74, 6) is 0.298. The summed E-state index contributed by atoms with van der Waals surface area (Å²) >= 11 is 1.29. The van der Waals surface area contributed by atoms with Gasteiger partial charge in [0.15, 0.2) is 5.17 Å². The number of thioether (sulfide) groups is 1. The lowest BCUT2D eigenvalue weighted by molar-refractivity contribution is 0.0601. The summed E-state index contributed by atoms with van der Waals surface area (Å²) in [7, 11) is 1.37. The predicted molar refractivity (Wildman–Crippen MR) is 86.4 cm³/mol. The minimum absolute atomic E-state index is 0.103. The molecule has 0 unspecified atom stereocenters. The predicted octanol–water partition coefficient (Wildman–Crippen LogP) is 3.27. The molecule has 0 saturated carbocycles. The van der Waals surface area contributed by atoms with Crippen molar-refractivity contribution < 1.29 is 9.53 Å². The highest BCUT2D eigenvalue weighted by Gasteiger charge is 2.08. The Balaban J connectivity index is 2.29. The molecule has 0 saturated heterocycles. The number of rotatable bonds is 4. The van der Waals surface area contributed by atoms with Crippen LogP contribution >= 0.6 is 11.8 Å². The van der Waals surface area contributed by atoms with Crippen LogP contribution in [-0.4, -0.2) is 18.2 Å². The van der Waals surface area contributed by atoms with E-state index in [1.54, 1.807) is 12.1 Å². The summed E-state index contributed by atoms with van der Waals surface area (Å²) in [5, 5.41) is 7.41. The van der Waals surface area contributed by atoms with Gasteiger partial charge in [0, 0.05) is 5.75 Å². The molecule has 0 aromatic heterocycles. The van der Waals surface area contributed by atoms with E-state index in [1.807, 2.05) is 36.4 Å². The summed E-state index contributed by atoms with van der Waals surface area (Å²) in [6.45, 7) is 0. The number of hydrogen-bond donors (Lipinski definition) is 2. The summed E-state index contributed by atoms with van der Waals surface area (Å²) < 4.78 is 4.69. The molecule has 2 rings (SSSR count). The Morgan fingerprint density at radius 2 is 1.86 bits per heavy atom. The van der Waals surface area contributed by atoms with Crippen molar-refractivity contribution >= 4 is 22.9 Å². The summed E-state index contributed by atoms with van der Waals surface area (Å²) in [6, 6.07) is 15.2. The summed E-state index contributed by atoms with van der Waals surface area (Å²) in [6.07, 6.45) is 0. The van der Waals surface area contributed by atoms with E-state index in [1.165, 1.54) is 18.9 Å². The number of nitrogens with two attached hydrogens (primary N) is 1. The number of nitrogens with one attached hydrogen (secondary N) is 1. The standard InChI is InChI=1S/C16H16N2O2S/c1-20-15(19)12-8-6-11(7-9-12)14-5-3-2-4-13(14)10-21-16(17)18/h2-9H,10H2,1H3,(H3,17,18). The van der Waals surface area contributed by atoms with Crippen LogP contribution in [0.5, 0.6) is 0 Å². The minimum atomic E-state index is -0.345. The molecular weight excluding hydrogens is 284 g/mol. The largest absolute Gasteiger partial charge is 0.465 e. The van der Waals surface area contributed by atoms with Crippen molar-refractivity contribution in [2.75, 3.05) is 7.11 Å². The first-order valence-corrected chi connectivity index (χ1v) is 7.34. The Bertz CT molecular complexity index is 654. The highest BCUT2D eigenvalue weighted by molar-refractivity contribution is 8.13. The summed E-state index contributed by atoms with van der Waals surface area (Å²) in [4.78, 5) is 11.4. The Morgan fingerprint density at radius 1 is 1.19 bits per heavy atom. The third-order valence-corrected chi connectivity index (χ3v) is 3.78. The molecular formula is C16H16N2O2S.